The van der Waals surface area contributed by atoms with Gasteiger partial charge in [0.1, 0.15) is 11.6 Å². The number of aliphatic hydroxyl groups excluding tert-OH is 1. The molecule has 4 rings (SSSR count). The van der Waals surface area contributed by atoms with Gasteiger partial charge in [0.2, 0.25) is 0 Å². The van der Waals surface area contributed by atoms with E-state index in [0.29, 0.717) is 11.3 Å². The molecule has 1 unspecified atom stereocenters. The standard InChI is InChI=1S/C24H18FNO3/c1-15-6-5-7-17(14-15)21-20(22(27)16-10-12-18(25)13-11-16)23(28)24(29)26(21)19-8-3-2-4-9-19/h2-14,21,27H,1H3/b22-20-. The summed E-state index contributed by atoms with van der Waals surface area (Å²) in [6.07, 6.45) is 0. The number of aliphatic hydroxyl groups is 1. The van der Waals surface area contributed by atoms with E-state index in [2.05, 4.69) is 0 Å². The van der Waals surface area contributed by atoms with Crippen LogP contribution in [0.15, 0.2) is 84.4 Å². The number of hydrogen-bond acceptors (Lipinski definition) is 3. The second kappa shape index (κ2) is 7.36. The Kier molecular flexibility index (Phi) is 4.72. The summed E-state index contributed by atoms with van der Waals surface area (Å²) < 4.78 is 13.3. The Bertz CT molecular complexity index is 1120. The molecule has 0 radical (unpaired) electrons. The van der Waals surface area contributed by atoms with E-state index in [0.717, 1.165) is 5.56 Å². The van der Waals surface area contributed by atoms with E-state index in [4.69, 9.17) is 0 Å². The Morgan fingerprint density at radius 1 is 0.931 bits per heavy atom. The molecule has 3 aromatic carbocycles. The van der Waals surface area contributed by atoms with Crippen molar-refractivity contribution in [3.05, 3.63) is 107 Å². The number of rotatable bonds is 3. The zero-order valence-corrected chi connectivity index (χ0v) is 15.7. The van der Waals surface area contributed by atoms with Gasteiger partial charge in [-0.05, 0) is 48.9 Å². The summed E-state index contributed by atoms with van der Waals surface area (Å²) in [6.45, 7) is 1.91. The fourth-order valence-corrected chi connectivity index (χ4v) is 3.61. The fraction of sp³-hybridized carbons (Fsp3) is 0.0833. The Balaban J connectivity index is 1.95. The number of aryl methyl sites for hydroxylation is 1. The van der Waals surface area contributed by atoms with Crippen LogP contribution in [-0.2, 0) is 9.59 Å². The molecule has 0 aliphatic carbocycles. The molecule has 1 aliphatic rings. The molecule has 0 spiro atoms. The highest BCUT2D eigenvalue weighted by atomic mass is 19.1. The number of amides is 1. The highest BCUT2D eigenvalue weighted by Crippen LogP contribution is 2.42. The maximum atomic E-state index is 13.3. The van der Waals surface area contributed by atoms with Crippen LogP contribution in [0, 0.1) is 12.7 Å². The van der Waals surface area contributed by atoms with Gasteiger partial charge in [-0.15, -0.1) is 0 Å². The van der Waals surface area contributed by atoms with E-state index in [1.807, 2.05) is 37.3 Å². The minimum atomic E-state index is -0.789. The number of carbonyl (C=O) groups is 2. The molecule has 0 bridgehead atoms. The Hall–Kier alpha value is -3.73. The van der Waals surface area contributed by atoms with Gasteiger partial charge in [0.15, 0.2) is 0 Å². The third-order valence-corrected chi connectivity index (χ3v) is 4.95. The molecule has 1 N–H and O–H groups in total. The largest absolute Gasteiger partial charge is 0.507 e. The lowest BCUT2D eigenvalue weighted by Gasteiger charge is -2.25. The minimum Gasteiger partial charge on any atom is -0.507 e. The second-order valence-corrected chi connectivity index (χ2v) is 6.93. The average molecular weight is 387 g/mol. The molecule has 0 aromatic heterocycles. The number of halogens is 1. The molecule has 1 atom stereocenters. The molecule has 1 amide bonds. The smallest absolute Gasteiger partial charge is 0.300 e. The van der Waals surface area contributed by atoms with Gasteiger partial charge >= 0.3 is 0 Å². The number of Topliss-reactive ketones (excluding diaryl/α,β-unsaturated/α-hetero) is 1. The van der Waals surface area contributed by atoms with Crippen LogP contribution in [0.1, 0.15) is 22.7 Å². The van der Waals surface area contributed by atoms with Crippen LogP contribution in [0.25, 0.3) is 5.76 Å². The van der Waals surface area contributed by atoms with Crippen molar-refractivity contribution in [2.24, 2.45) is 0 Å². The maximum absolute atomic E-state index is 13.3. The van der Waals surface area contributed by atoms with Gasteiger partial charge in [0.25, 0.3) is 11.7 Å². The summed E-state index contributed by atoms with van der Waals surface area (Å²) in [4.78, 5) is 27.3. The van der Waals surface area contributed by atoms with Crippen LogP contribution >= 0.6 is 0 Å². The van der Waals surface area contributed by atoms with E-state index in [-0.39, 0.29) is 16.9 Å². The van der Waals surface area contributed by atoms with Crippen molar-refractivity contribution in [1.82, 2.24) is 0 Å². The van der Waals surface area contributed by atoms with Crippen molar-refractivity contribution in [3.8, 4) is 0 Å². The molecule has 1 saturated heterocycles. The van der Waals surface area contributed by atoms with Gasteiger partial charge in [-0.2, -0.15) is 0 Å². The third-order valence-electron chi connectivity index (χ3n) is 4.95. The van der Waals surface area contributed by atoms with Crippen molar-refractivity contribution in [2.75, 3.05) is 4.90 Å². The van der Waals surface area contributed by atoms with E-state index in [1.165, 1.54) is 29.2 Å². The first-order valence-electron chi connectivity index (χ1n) is 9.16. The summed E-state index contributed by atoms with van der Waals surface area (Å²) in [5.74, 6) is -2.27. The summed E-state index contributed by atoms with van der Waals surface area (Å²) in [7, 11) is 0. The Labute approximate surface area is 167 Å². The number of hydrogen-bond donors (Lipinski definition) is 1. The maximum Gasteiger partial charge on any atom is 0.300 e. The number of benzene rings is 3. The van der Waals surface area contributed by atoms with Crippen LogP contribution in [-0.4, -0.2) is 16.8 Å². The molecule has 3 aromatic rings. The van der Waals surface area contributed by atoms with Gasteiger partial charge in [-0.3, -0.25) is 14.5 Å². The molecule has 1 heterocycles. The van der Waals surface area contributed by atoms with Crippen molar-refractivity contribution in [3.63, 3.8) is 0 Å². The number of para-hydroxylation sites is 1. The fourth-order valence-electron chi connectivity index (χ4n) is 3.61. The number of ketones is 1. The summed E-state index contributed by atoms with van der Waals surface area (Å²) >= 11 is 0. The van der Waals surface area contributed by atoms with Gasteiger partial charge in [0.05, 0.1) is 11.6 Å². The average Bonchev–Trinajstić information content (AvgIpc) is 2.99. The molecule has 4 nitrogen and oxygen atoms in total. The summed E-state index contributed by atoms with van der Waals surface area (Å²) in [5.41, 5.74) is 2.48. The molecule has 144 valence electrons. The van der Waals surface area contributed by atoms with E-state index >= 15 is 0 Å². The number of carbonyl (C=O) groups excluding carboxylic acids is 2. The van der Waals surface area contributed by atoms with Gasteiger partial charge in [0, 0.05) is 11.3 Å². The normalized spacial score (nSPS) is 18.3. The van der Waals surface area contributed by atoms with Crippen LogP contribution < -0.4 is 4.90 Å². The number of anilines is 1. The number of nitrogens with zero attached hydrogens (tertiary/aromatic N) is 1. The van der Waals surface area contributed by atoms with Crippen molar-refractivity contribution >= 4 is 23.1 Å². The molecule has 1 fully saturated rings. The van der Waals surface area contributed by atoms with E-state index < -0.39 is 23.5 Å². The molecule has 1 aliphatic heterocycles. The predicted octanol–water partition coefficient (Wildman–Crippen LogP) is 4.76. The minimum absolute atomic E-state index is 0.0175. The molecule has 5 heteroatoms. The summed E-state index contributed by atoms with van der Waals surface area (Å²) in [5, 5.41) is 10.9. The second-order valence-electron chi connectivity index (χ2n) is 6.93. The predicted molar refractivity (Wildman–Crippen MR) is 109 cm³/mol. The molecular weight excluding hydrogens is 369 g/mol. The quantitative estimate of drug-likeness (QED) is 0.400. The Morgan fingerprint density at radius 3 is 2.28 bits per heavy atom. The first-order valence-corrected chi connectivity index (χ1v) is 9.16. The highest BCUT2D eigenvalue weighted by molar-refractivity contribution is 6.51. The lowest BCUT2D eigenvalue weighted by molar-refractivity contribution is -0.132. The summed E-state index contributed by atoms with van der Waals surface area (Å²) in [6, 6.07) is 20.7. The SMILES string of the molecule is Cc1cccc(C2/C(=C(/O)c3ccc(F)cc3)C(=O)C(=O)N2c2ccccc2)c1. The van der Waals surface area contributed by atoms with Crippen LogP contribution in [0.5, 0.6) is 0 Å². The third kappa shape index (κ3) is 3.31. The van der Waals surface area contributed by atoms with E-state index in [1.54, 1.807) is 24.3 Å². The molecule has 0 saturated carbocycles. The highest BCUT2D eigenvalue weighted by Gasteiger charge is 2.46. The van der Waals surface area contributed by atoms with Crippen LogP contribution in [0.2, 0.25) is 0 Å². The first kappa shape index (κ1) is 18.6. The Morgan fingerprint density at radius 2 is 1.62 bits per heavy atom. The van der Waals surface area contributed by atoms with Gasteiger partial charge in [-0.25, -0.2) is 4.39 Å². The van der Waals surface area contributed by atoms with Crippen molar-refractivity contribution in [2.45, 2.75) is 13.0 Å². The van der Waals surface area contributed by atoms with Crippen LogP contribution in [0.4, 0.5) is 10.1 Å². The van der Waals surface area contributed by atoms with E-state index in [9.17, 15) is 19.1 Å². The zero-order chi connectivity index (χ0) is 20.5. The van der Waals surface area contributed by atoms with Gasteiger partial charge < -0.3 is 5.11 Å². The lowest BCUT2D eigenvalue weighted by atomic mass is 9.94. The zero-order valence-electron chi connectivity index (χ0n) is 15.7. The monoisotopic (exact) mass is 387 g/mol. The molecular formula is C24H18FNO3. The van der Waals surface area contributed by atoms with Crippen LogP contribution in [0.3, 0.4) is 0 Å². The van der Waals surface area contributed by atoms with Gasteiger partial charge in [-0.1, -0.05) is 48.0 Å². The topological polar surface area (TPSA) is 57.6 Å². The molecule has 29 heavy (non-hydrogen) atoms. The van der Waals surface area contributed by atoms with Crippen molar-refractivity contribution in [1.29, 1.82) is 0 Å². The van der Waals surface area contributed by atoms with Crippen molar-refractivity contribution < 1.29 is 19.1 Å². The first-order chi connectivity index (χ1) is 14.0. The lowest BCUT2D eigenvalue weighted by Crippen LogP contribution is -2.29.